The molecular weight excluding hydrogens is 666 g/mol. The van der Waals surface area contributed by atoms with Crippen LogP contribution in [-0.2, 0) is 24.2 Å². The van der Waals surface area contributed by atoms with Gasteiger partial charge in [-0.2, -0.15) is 20.2 Å². The number of nitrogens with zero attached hydrogens (tertiary/aromatic N) is 9. The van der Waals surface area contributed by atoms with Crippen LogP contribution in [0.2, 0.25) is 5.02 Å². The van der Waals surface area contributed by atoms with Crippen LogP contribution < -0.4 is 14.5 Å². The van der Waals surface area contributed by atoms with Gasteiger partial charge in [0.1, 0.15) is 12.4 Å². The van der Waals surface area contributed by atoms with Gasteiger partial charge in [-0.25, -0.2) is 0 Å². The Kier molecular flexibility index (Phi) is 10.4. The highest BCUT2D eigenvalue weighted by Gasteiger charge is 2.45. The van der Waals surface area contributed by atoms with Crippen molar-refractivity contribution in [3.8, 4) is 12.1 Å². The second kappa shape index (κ2) is 15.3. The lowest BCUT2D eigenvalue weighted by Crippen LogP contribution is -2.49. The Hall–Kier alpha value is -4.73. The third-order valence-electron chi connectivity index (χ3n) is 10.5. The normalized spacial score (nSPS) is 18.4. The number of anilines is 2. The molecule has 0 aliphatic carbocycles. The van der Waals surface area contributed by atoms with Gasteiger partial charge in [0.15, 0.2) is 5.82 Å². The van der Waals surface area contributed by atoms with Crippen molar-refractivity contribution in [3.63, 3.8) is 0 Å². The maximum atomic E-state index is 13.0. The van der Waals surface area contributed by atoms with E-state index in [9.17, 15) is 4.79 Å². The Bertz CT molecular complexity index is 1930. The summed E-state index contributed by atoms with van der Waals surface area (Å²) in [6.45, 7) is 10.3. The monoisotopic (exact) mass is 709 g/mol. The molecule has 8 rings (SSSR count). The zero-order valence-electron chi connectivity index (χ0n) is 29.4. The van der Waals surface area contributed by atoms with Crippen molar-refractivity contribution < 1.29 is 14.1 Å². The van der Waals surface area contributed by atoms with E-state index in [1.807, 2.05) is 24.0 Å². The largest absolute Gasteiger partial charge is 0.461 e. The standard InChI is InChI=1S/C36H41ClN8O3.C2H3N/c1-2-30-39-31(48-41-30)11-12-32(46)42-19-21-43(22-20-42)34-26-13-18-44(29-10-4-8-25-7-3-9-27(37)33(25)29)23-28(26)38-35(40-34)47-24-36-14-5-16-45(36)17-6-15-36;1-2-3/h3-4,7-12H,2,5-6,13-24H2,1H3;1H3/b12-11+;. The summed E-state index contributed by atoms with van der Waals surface area (Å²) in [5.74, 6) is 1.83. The third-order valence-corrected chi connectivity index (χ3v) is 10.9. The van der Waals surface area contributed by atoms with E-state index in [2.05, 4.69) is 49.1 Å². The minimum absolute atomic E-state index is 0.0686. The van der Waals surface area contributed by atoms with Gasteiger partial charge >= 0.3 is 6.01 Å². The first-order valence-corrected chi connectivity index (χ1v) is 18.3. The number of hydrogen-bond donors (Lipinski definition) is 0. The Morgan fingerprint density at radius 2 is 1.76 bits per heavy atom. The van der Waals surface area contributed by atoms with E-state index < -0.39 is 0 Å². The molecule has 0 unspecified atom stereocenters. The molecule has 6 heterocycles. The SMILES string of the molecule is CC#N.CCc1noc(/C=C/C(=O)N2CCN(c3nc(OCC45CCCN4CCC5)nc4c3CCN(c3cccc5cccc(Cl)c35)C4)CC2)n1. The average molecular weight is 710 g/mol. The van der Waals surface area contributed by atoms with Crippen LogP contribution in [0.15, 0.2) is 47.0 Å². The maximum Gasteiger partial charge on any atom is 0.318 e. The summed E-state index contributed by atoms with van der Waals surface area (Å²) in [7, 11) is 0. The fraction of sp³-hybridized carbons (Fsp3) is 0.474. The van der Waals surface area contributed by atoms with Crippen LogP contribution >= 0.6 is 11.6 Å². The molecule has 0 bridgehead atoms. The van der Waals surface area contributed by atoms with Crippen LogP contribution in [-0.4, -0.2) is 93.8 Å². The summed E-state index contributed by atoms with van der Waals surface area (Å²) in [6, 6.07) is 14.6. The number of aromatic nitrogens is 4. The predicted octanol–water partition coefficient (Wildman–Crippen LogP) is 5.69. The number of ether oxygens (including phenoxy) is 1. The number of nitriles is 1. The Labute approximate surface area is 303 Å². The summed E-state index contributed by atoms with van der Waals surface area (Å²) in [4.78, 5) is 36.6. The van der Waals surface area contributed by atoms with E-state index in [-0.39, 0.29) is 11.4 Å². The molecule has 2 aromatic carbocycles. The van der Waals surface area contributed by atoms with E-state index >= 15 is 0 Å². The zero-order chi connectivity index (χ0) is 35.4. The molecule has 4 aromatic rings. The number of carbonyl (C=O) groups excluding carboxylic acids is 1. The summed E-state index contributed by atoms with van der Waals surface area (Å²) < 4.78 is 11.7. The molecule has 1 amide bonds. The van der Waals surface area contributed by atoms with E-state index in [1.165, 1.54) is 25.8 Å². The highest BCUT2D eigenvalue weighted by molar-refractivity contribution is 6.36. The van der Waals surface area contributed by atoms with Crippen molar-refractivity contribution in [2.24, 2.45) is 0 Å². The molecule has 4 aliphatic rings. The Morgan fingerprint density at radius 3 is 2.49 bits per heavy atom. The Balaban J connectivity index is 0.00000131. The molecule has 12 nitrogen and oxygen atoms in total. The topological polar surface area (TPSA) is 128 Å². The first kappa shape index (κ1) is 34.7. The molecule has 0 atom stereocenters. The lowest BCUT2D eigenvalue weighted by molar-refractivity contribution is -0.126. The minimum atomic E-state index is -0.0686. The summed E-state index contributed by atoms with van der Waals surface area (Å²) in [5, 5.41) is 14.2. The summed E-state index contributed by atoms with van der Waals surface area (Å²) in [6.07, 6.45) is 9.36. The van der Waals surface area contributed by atoms with Gasteiger partial charge in [-0.1, -0.05) is 47.9 Å². The smallest absolute Gasteiger partial charge is 0.318 e. The fourth-order valence-electron chi connectivity index (χ4n) is 7.99. The summed E-state index contributed by atoms with van der Waals surface area (Å²) >= 11 is 6.75. The highest BCUT2D eigenvalue weighted by atomic mass is 35.5. The second-order valence-corrected chi connectivity index (χ2v) is 13.9. The molecule has 0 radical (unpaired) electrons. The van der Waals surface area contributed by atoms with Crippen molar-refractivity contribution in [2.75, 3.05) is 62.2 Å². The lowest BCUT2D eigenvalue weighted by atomic mass is 9.95. The van der Waals surface area contributed by atoms with Crippen molar-refractivity contribution >= 4 is 45.9 Å². The first-order chi connectivity index (χ1) is 24.9. The number of aryl methyl sites for hydroxylation is 1. The molecule has 4 aliphatic heterocycles. The van der Waals surface area contributed by atoms with Gasteiger partial charge in [-0.05, 0) is 62.7 Å². The van der Waals surface area contributed by atoms with Gasteiger partial charge in [0.2, 0.25) is 5.91 Å². The number of halogens is 1. The van der Waals surface area contributed by atoms with Gasteiger partial charge in [0.25, 0.3) is 5.89 Å². The van der Waals surface area contributed by atoms with E-state index in [4.69, 9.17) is 36.1 Å². The van der Waals surface area contributed by atoms with Crippen LogP contribution in [0.5, 0.6) is 6.01 Å². The number of fused-ring (bicyclic) bond motifs is 3. The van der Waals surface area contributed by atoms with Gasteiger partial charge in [-0.3, -0.25) is 9.69 Å². The number of amides is 1. The predicted molar refractivity (Wildman–Crippen MR) is 197 cm³/mol. The molecule has 266 valence electrons. The van der Waals surface area contributed by atoms with Crippen LogP contribution in [0.3, 0.4) is 0 Å². The van der Waals surface area contributed by atoms with Crippen LogP contribution in [0, 0.1) is 11.3 Å². The van der Waals surface area contributed by atoms with Crippen molar-refractivity contribution in [3.05, 3.63) is 70.5 Å². The molecule has 3 saturated heterocycles. The van der Waals surface area contributed by atoms with Crippen LogP contribution in [0.1, 0.15) is 62.5 Å². The third kappa shape index (κ3) is 7.23. The van der Waals surface area contributed by atoms with E-state index in [0.29, 0.717) is 63.5 Å². The van der Waals surface area contributed by atoms with Gasteiger partial charge in [-0.15, -0.1) is 0 Å². The van der Waals surface area contributed by atoms with Gasteiger partial charge in [0.05, 0.1) is 28.9 Å². The average Bonchev–Trinajstić information content (AvgIpc) is 3.89. The number of benzene rings is 2. The molecule has 0 saturated carbocycles. The second-order valence-electron chi connectivity index (χ2n) is 13.5. The fourth-order valence-corrected chi connectivity index (χ4v) is 8.26. The summed E-state index contributed by atoms with van der Waals surface area (Å²) in [5.41, 5.74) is 3.37. The van der Waals surface area contributed by atoms with Crippen molar-refractivity contribution in [2.45, 2.75) is 64.5 Å². The van der Waals surface area contributed by atoms with Crippen LogP contribution in [0.4, 0.5) is 11.5 Å². The first-order valence-electron chi connectivity index (χ1n) is 18.0. The lowest BCUT2D eigenvalue weighted by Gasteiger charge is -2.38. The zero-order valence-corrected chi connectivity index (χ0v) is 30.1. The maximum absolute atomic E-state index is 13.0. The quantitative estimate of drug-likeness (QED) is 0.209. The molecule has 0 N–H and O–H groups in total. The van der Waals surface area contributed by atoms with Crippen molar-refractivity contribution in [1.29, 1.82) is 5.26 Å². The Morgan fingerprint density at radius 1 is 1.02 bits per heavy atom. The molecule has 0 spiro atoms. The van der Waals surface area contributed by atoms with E-state index in [1.54, 1.807) is 12.1 Å². The van der Waals surface area contributed by atoms with Crippen LogP contribution in [0.25, 0.3) is 16.8 Å². The molecular formula is C38H44ClN9O3. The highest BCUT2D eigenvalue weighted by Crippen LogP contribution is 2.40. The molecule has 51 heavy (non-hydrogen) atoms. The van der Waals surface area contributed by atoms with E-state index in [0.717, 1.165) is 77.5 Å². The van der Waals surface area contributed by atoms with Gasteiger partial charge < -0.3 is 24.0 Å². The number of hydrogen-bond acceptors (Lipinski definition) is 11. The molecule has 3 fully saturated rings. The molecule has 13 heteroatoms. The van der Waals surface area contributed by atoms with Crippen molar-refractivity contribution in [1.82, 2.24) is 29.9 Å². The number of carbonyl (C=O) groups is 1. The minimum Gasteiger partial charge on any atom is -0.461 e. The number of piperazine rings is 1. The number of rotatable bonds is 8. The molecule has 2 aromatic heterocycles. The van der Waals surface area contributed by atoms with Gasteiger partial charge in [0, 0.05) is 74.9 Å².